The zero-order valence-corrected chi connectivity index (χ0v) is 12.7. The van der Waals surface area contributed by atoms with Gasteiger partial charge in [-0.3, -0.25) is 0 Å². The van der Waals surface area contributed by atoms with Crippen molar-refractivity contribution in [3.05, 3.63) is 41.5 Å². The second kappa shape index (κ2) is 7.83. The molecular weight excluding hydrogens is 288 g/mol. The fourth-order valence-corrected chi connectivity index (χ4v) is 2.77. The molecule has 0 bridgehead atoms. The van der Waals surface area contributed by atoms with Crippen molar-refractivity contribution in [1.82, 2.24) is 10.1 Å². The van der Waals surface area contributed by atoms with Crippen LogP contribution in [-0.4, -0.2) is 21.2 Å². The Morgan fingerprint density at radius 1 is 1.33 bits per heavy atom. The molecule has 0 radical (unpaired) electrons. The summed E-state index contributed by atoms with van der Waals surface area (Å²) in [7, 11) is 0. The Bertz CT molecular complexity index is 598. The Labute approximate surface area is 127 Å². The molecule has 0 saturated carbocycles. The third-order valence-electron chi connectivity index (χ3n) is 2.98. The summed E-state index contributed by atoms with van der Waals surface area (Å²) in [5.41, 5.74) is 0.296. The van der Waals surface area contributed by atoms with Crippen LogP contribution in [0.4, 0.5) is 0 Å². The number of carboxylic acids is 1. The van der Waals surface area contributed by atoms with Crippen LogP contribution in [0.5, 0.6) is 0 Å². The van der Waals surface area contributed by atoms with E-state index in [0.29, 0.717) is 22.1 Å². The lowest BCUT2D eigenvalue weighted by molar-refractivity contribution is 0.0693. The number of aryl methyl sites for hydroxylation is 1. The summed E-state index contributed by atoms with van der Waals surface area (Å²) in [4.78, 5) is 16.1. The number of benzene rings is 1. The standard InChI is InChI=1S/C15H18N2O3S/c1-2-3-4-9-13-16-14(20-17-13)10-21-12-8-6-5-7-11(12)15(18)19/h5-8H,2-4,9-10H2,1H3,(H,18,19). The van der Waals surface area contributed by atoms with Gasteiger partial charge < -0.3 is 9.63 Å². The quantitative estimate of drug-likeness (QED) is 0.590. The minimum Gasteiger partial charge on any atom is -0.478 e. The molecule has 1 aromatic carbocycles. The number of aromatic nitrogens is 2. The van der Waals surface area contributed by atoms with E-state index in [1.807, 2.05) is 6.07 Å². The van der Waals surface area contributed by atoms with Gasteiger partial charge in [-0.15, -0.1) is 11.8 Å². The van der Waals surface area contributed by atoms with E-state index in [9.17, 15) is 4.79 Å². The van der Waals surface area contributed by atoms with Crippen LogP contribution < -0.4 is 0 Å². The molecule has 0 aliphatic heterocycles. The second-order valence-electron chi connectivity index (χ2n) is 4.65. The Morgan fingerprint density at radius 3 is 2.90 bits per heavy atom. The number of unbranched alkanes of at least 4 members (excludes halogenated alkanes) is 2. The number of carbonyl (C=O) groups is 1. The number of nitrogens with zero attached hydrogens (tertiary/aromatic N) is 2. The van der Waals surface area contributed by atoms with Crippen molar-refractivity contribution in [2.45, 2.75) is 43.3 Å². The summed E-state index contributed by atoms with van der Waals surface area (Å²) in [5, 5.41) is 13.1. The number of rotatable bonds is 8. The van der Waals surface area contributed by atoms with Gasteiger partial charge in [0.2, 0.25) is 5.89 Å². The predicted octanol–water partition coefficient (Wildman–Crippen LogP) is 3.79. The topological polar surface area (TPSA) is 76.2 Å². The predicted molar refractivity (Wildman–Crippen MR) is 80.5 cm³/mol. The van der Waals surface area contributed by atoms with Crippen LogP contribution in [-0.2, 0) is 12.2 Å². The number of hydrogen-bond donors (Lipinski definition) is 1. The monoisotopic (exact) mass is 306 g/mol. The molecule has 0 spiro atoms. The van der Waals surface area contributed by atoms with Crippen LogP contribution in [0, 0.1) is 0 Å². The van der Waals surface area contributed by atoms with Gasteiger partial charge >= 0.3 is 5.97 Å². The van der Waals surface area contributed by atoms with Crippen molar-refractivity contribution in [3.8, 4) is 0 Å². The summed E-state index contributed by atoms with van der Waals surface area (Å²) in [6, 6.07) is 6.91. The molecule has 6 heteroatoms. The van der Waals surface area contributed by atoms with E-state index >= 15 is 0 Å². The highest BCUT2D eigenvalue weighted by molar-refractivity contribution is 7.98. The van der Waals surface area contributed by atoms with Crippen molar-refractivity contribution < 1.29 is 14.4 Å². The number of carboxylic acid groups (broad SMARTS) is 1. The van der Waals surface area contributed by atoms with Crippen LogP contribution in [0.2, 0.25) is 0 Å². The SMILES string of the molecule is CCCCCc1noc(CSc2ccccc2C(=O)O)n1. The Morgan fingerprint density at radius 2 is 2.14 bits per heavy atom. The van der Waals surface area contributed by atoms with E-state index < -0.39 is 5.97 Å². The summed E-state index contributed by atoms with van der Waals surface area (Å²) >= 11 is 1.39. The molecular formula is C15H18N2O3S. The first-order valence-electron chi connectivity index (χ1n) is 6.97. The highest BCUT2D eigenvalue weighted by Crippen LogP contribution is 2.25. The summed E-state index contributed by atoms with van der Waals surface area (Å²) in [5.74, 6) is 0.812. The van der Waals surface area contributed by atoms with Crippen LogP contribution in [0.1, 0.15) is 48.3 Å². The Hall–Kier alpha value is -1.82. The molecule has 0 amide bonds. The highest BCUT2D eigenvalue weighted by atomic mass is 32.2. The first-order valence-corrected chi connectivity index (χ1v) is 7.96. The van der Waals surface area contributed by atoms with Crippen molar-refractivity contribution in [2.75, 3.05) is 0 Å². The lowest BCUT2D eigenvalue weighted by atomic mass is 10.2. The van der Waals surface area contributed by atoms with Gasteiger partial charge in [0.05, 0.1) is 11.3 Å². The maximum atomic E-state index is 11.1. The third-order valence-corrected chi connectivity index (χ3v) is 4.04. The van der Waals surface area contributed by atoms with Crippen LogP contribution in [0.25, 0.3) is 0 Å². The van der Waals surface area contributed by atoms with Gasteiger partial charge in [0, 0.05) is 11.3 Å². The minimum absolute atomic E-state index is 0.296. The van der Waals surface area contributed by atoms with Crippen LogP contribution >= 0.6 is 11.8 Å². The molecule has 2 rings (SSSR count). The molecule has 0 atom stereocenters. The van der Waals surface area contributed by atoms with E-state index in [-0.39, 0.29) is 0 Å². The van der Waals surface area contributed by atoms with Crippen molar-refractivity contribution >= 4 is 17.7 Å². The zero-order valence-electron chi connectivity index (χ0n) is 11.9. The second-order valence-corrected chi connectivity index (χ2v) is 5.67. The third kappa shape index (κ3) is 4.60. The van der Waals surface area contributed by atoms with Gasteiger partial charge in [-0.1, -0.05) is 37.1 Å². The molecule has 112 valence electrons. The molecule has 1 heterocycles. The van der Waals surface area contributed by atoms with Crippen molar-refractivity contribution in [1.29, 1.82) is 0 Å². The first kappa shape index (κ1) is 15.6. The van der Waals surface area contributed by atoms with E-state index in [2.05, 4.69) is 17.1 Å². The molecule has 0 aliphatic carbocycles. The van der Waals surface area contributed by atoms with Crippen molar-refractivity contribution in [2.24, 2.45) is 0 Å². The molecule has 1 N–H and O–H groups in total. The molecule has 0 saturated heterocycles. The maximum absolute atomic E-state index is 11.1. The molecule has 0 unspecified atom stereocenters. The molecule has 0 fully saturated rings. The molecule has 2 aromatic rings. The summed E-state index contributed by atoms with van der Waals surface area (Å²) in [6.45, 7) is 2.15. The summed E-state index contributed by atoms with van der Waals surface area (Å²) < 4.78 is 5.19. The molecule has 21 heavy (non-hydrogen) atoms. The maximum Gasteiger partial charge on any atom is 0.336 e. The van der Waals surface area contributed by atoms with Gasteiger partial charge in [0.1, 0.15) is 0 Å². The average molecular weight is 306 g/mol. The van der Waals surface area contributed by atoms with E-state index in [0.717, 1.165) is 31.5 Å². The number of aromatic carboxylic acids is 1. The first-order chi connectivity index (χ1) is 10.2. The zero-order chi connectivity index (χ0) is 15.1. The molecule has 5 nitrogen and oxygen atoms in total. The Kier molecular flexibility index (Phi) is 5.80. The van der Waals surface area contributed by atoms with Gasteiger partial charge in [0.25, 0.3) is 0 Å². The van der Waals surface area contributed by atoms with Gasteiger partial charge in [-0.25, -0.2) is 4.79 Å². The normalized spacial score (nSPS) is 10.7. The Balaban J connectivity index is 1.93. The van der Waals surface area contributed by atoms with Gasteiger partial charge in [-0.2, -0.15) is 4.98 Å². The van der Waals surface area contributed by atoms with E-state index in [1.165, 1.54) is 11.8 Å². The van der Waals surface area contributed by atoms with Gasteiger partial charge in [-0.05, 0) is 18.6 Å². The smallest absolute Gasteiger partial charge is 0.336 e. The lowest BCUT2D eigenvalue weighted by Crippen LogP contribution is -1.98. The minimum atomic E-state index is -0.927. The fraction of sp³-hybridized carbons (Fsp3) is 0.400. The highest BCUT2D eigenvalue weighted by Gasteiger charge is 2.12. The lowest BCUT2D eigenvalue weighted by Gasteiger charge is -2.02. The van der Waals surface area contributed by atoms with E-state index in [1.54, 1.807) is 18.2 Å². The largest absolute Gasteiger partial charge is 0.478 e. The van der Waals surface area contributed by atoms with Crippen LogP contribution in [0.15, 0.2) is 33.7 Å². The average Bonchev–Trinajstić information content (AvgIpc) is 2.93. The number of thioether (sulfide) groups is 1. The van der Waals surface area contributed by atoms with Crippen LogP contribution in [0.3, 0.4) is 0 Å². The molecule has 1 aromatic heterocycles. The fourth-order valence-electron chi connectivity index (χ4n) is 1.89. The molecule has 0 aliphatic rings. The number of hydrogen-bond acceptors (Lipinski definition) is 5. The van der Waals surface area contributed by atoms with Gasteiger partial charge in [0.15, 0.2) is 5.82 Å². The van der Waals surface area contributed by atoms with Crippen molar-refractivity contribution in [3.63, 3.8) is 0 Å². The van der Waals surface area contributed by atoms with E-state index in [4.69, 9.17) is 9.63 Å². The summed E-state index contributed by atoms with van der Waals surface area (Å²) in [6.07, 6.45) is 4.20.